The van der Waals surface area contributed by atoms with Gasteiger partial charge in [-0.25, -0.2) is 4.98 Å². The molecule has 5 heteroatoms. The molecule has 0 aliphatic rings. The van der Waals surface area contributed by atoms with Crippen molar-refractivity contribution in [3.8, 4) is 11.5 Å². The number of ether oxygens (including phenoxy) is 1. The van der Waals surface area contributed by atoms with Gasteiger partial charge in [0.1, 0.15) is 16.5 Å². The van der Waals surface area contributed by atoms with Crippen LogP contribution in [0, 0.1) is 0 Å². The van der Waals surface area contributed by atoms with Crippen LogP contribution in [0.1, 0.15) is 5.69 Å². The number of hydrogen-bond donors (Lipinski definition) is 1. The molecular weight excluding hydrogens is 348 g/mol. The summed E-state index contributed by atoms with van der Waals surface area (Å²) in [6.45, 7) is 0. The quantitative estimate of drug-likeness (QED) is 0.703. The van der Waals surface area contributed by atoms with Crippen LogP contribution in [0.2, 0.25) is 0 Å². The van der Waals surface area contributed by atoms with Crippen LogP contribution < -0.4 is 10.5 Å². The first-order valence-electron chi connectivity index (χ1n) is 6.25. The van der Waals surface area contributed by atoms with Crippen molar-refractivity contribution in [2.24, 2.45) is 5.73 Å². The molecule has 0 saturated carbocycles. The van der Waals surface area contributed by atoms with Crippen LogP contribution >= 0.6 is 28.1 Å². The van der Waals surface area contributed by atoms with Gasteiger partial charge in [-0.2, -0.15) is 0 Å². The minimum atomic E-state index is 0.276. The van der Waals surface area contributed by atoms with Gasteiger partial charge in [-0.15, -0.1) is 0 Å². The zero-order chi connectivity index (χ0) is 14.8. The van der Waals surface area contributed by atoms with E-state index in [1.807, 2.05) is 30.3 Å². The predicted octanol–water partition coefficient (Wildman–Crippen LogP) is 4.42. The van der Waals surface area contributed by atoms with E-state index in [0.717, 1.165) is 21.0 Å². The number of nitrogens with two attached hydrogens (primary N) is 1. The molecule has 0 amide bonds. The average Bonchev–Trinajstić information content (AvgIpc) is 2.48. The zero-order valence-corrected chi connectivity index (χ0v) is 13.3. The highest BCUT2D eigenvalue weighted by molar-refractivity contribution is 9.10. The summed E-state index contributed by atoms with van der Waals surface area (Å²) in [5.41, 5.74) is 6.10. The van der Waals surface area contributed by atoms with Gasteiger partial charge in [-0.3, -0.25) is 0 Å². The minimum Gasteiger partial charge on any atom is -0.456 e. The molecule has 1 heterocycles. The maximum absolute atomic E-state index is 5.79. The van der Waals surface area contributed by atoms with Crippen molar-refractivity contribution in [3.05, 3.63) is 64.9 Å². The van der Waals surface area contributed by atoms with Gasteiger partial charge in [0, 0.05) is 4.47 Å². The Morgan fingerprint density at radius 2 is 1.71 bits per heavy atom. The van der Waals surface area contributed by atoms with Gasteiger partial charge in [0.25, 0.3) is 0 Å². The molecule has 2 N–H and O–H groups in total. The Bertz CT molecular complexity index is 818. The van der Waals surface area contributed by atoms with Crippen LogP contribution in [0.15, 0.2) is 59.2 Å². The predicted molar refractivity (Wildman–Crippen MR) is 91.8 cm³/mol. The van der Waals surface area contributed by atoms with Crippen LogP contribution in [-0.4, -0.2) is 9.97 Å². The SMILES string of the molecule is NC(=S)c1ccc(Oc2ccc3cc(Br)ccc3c2)cn1. The van der Waals surface area contributed by atoms with Crippen LogP contribution in [0.25, 0.3) is 10.8 Å². The Hall–Kier alpha value is -1.98. The fourth-order valence-corrected chi connectivity index (χ4v) is 2.48. The van der Waals surface area contributed by atoms with Gasteiger partial charge in [-0.1, -0.05) is 40.3 Å². The third kappa shape index (κ3) is 3.20. The van der Waals surface area contributed by atoms with Crippen molar-refractivity contribution in [3.63, 3.8) is 0 Å². The number of pyridine rings is 1. The minimum absolute atomic E-state index is 0.276. The highest BCUT2D eigenvalue weighted by Gasteiger charge is 2.02. The second-order valence-electron chi connectivity index (χ2n) is 4.50. The molecular formula is C16H11BrN2OS. The van der Waals surface area contributed by atoms with E-state index in [-0.39, 0.29) is 4.99 Å². The molecule has 2 aromatic carbocycles. The molecule has 0 spiro atoms. The number of thiocarbonyl (C=S) groups is 1. The molecule has 0 aliphatic heterocycles. The van der Waals surface area contributed by atoms with Gasteiger partial charge in [0.15, 0.2) is 0 Å². The first kappa shape index (κ1) is 14.0. The summed E-state index contributed by atoms with van der Waals surface area (Å²) in [5, 5.41) is 2.27. The Balaban J connectivity index is 1.87. The van der Waals surface area contributed by atoms with Crippen molar-refractivity contribution in [1.82, 2.24) is 4.98 Å². The number of benzene rings is 2. The highest BCUT2D eigenvalue weighted by Crippen LogP contribution is 2.27. The van der Waals surface area contributed by atoms with E-state index < -0.39 is 0 Å². The Kier molecular flexibility index (Phi) is 3.86. The second-order valence-corrected chi connectivity index (χ2v) is 5.85. The lowest BCUT2D eigenvalue weighted by atomic mass is 10.1. The van der Waals surface area contributed by atoms with E-state index in [4.69, 9.17) is 22.7 Å². The summed E-state index contributed by atoms with van der Waals surface area (Å²) >= 11 is 8.33. The number of nitrogens with zero attached hydrogens (tertiary/aromatic N) is 1. The van der Waals surface area contributed by atoms with Crippen LogP contribution in [0.5, 0.6) is 11.5 Å². The maximum atomic E-state index is 5.79. The van der Waals surface area contributed by atoms with Crippen molar-refractivity contribution in [1.29, 1.82) is 0 Å². The summed E-state index contributed by atoms with van der Waals surface area (Å²) in [4.78, 5) is 4.43. The lowest BCUT2D eigenvalue weighted by Crippen LogP contribution is -2.10. The average molecular weight is 359 g/mol. The van der Waals surface area contributed by atoms with Crippen LogP contribution in [0.3, 0.4) is 0 Å². The smallest absolute Gasteiger partial charge is 0.145 e. The summed E-state index contributed by atoms with van der Waals surface area (Å²) in [6, 6.07) is 15.6. The number of fused-ring (bicyclic) bond motifs is 1. The van der Waals surface area contributed by atoms with Crippen LogP contribution in [0.4, 0.5) is 0 Å². The normalized spacial score (nSPS) is 10.5. The van der Waals surface area contributed by atoms with Crippen LogP contribution in [-0.2, 0) is 0 Å². The number of rotatable bonds is 3. The molecule has 0 atom stereocenters. The third-order valence-corrected chi connectivity index (χ3v) is 3.70. The number of halogens is 1. The highest BCUT2D eigenvalue weighted by atomic mass is 79.9. The molecule has 0 aliphatic carbocycles. The number of aromatic nitrogens is 1. The molecule has 0 fully saturated rings. The third-order valence-electron chi connectivity index (χ3n) is 3.00. The van der Waals surface area contributed by atoms with Gasteiger partial charge in [-0.05, 0) is 47.2 Å². The second kappa shape index (κ2) is 5.79. The van der Waals surface area contributed by atoms with Gasteiger partial charge in [0.05, 0.1) is 11.9 Å². The molecule has 3 aromatic rings. The molecule has 21 heavy (non-hydrogen) atoms. The first-order valence-corrected chi connectivity index (χ1v) is 7.45. The Morgan fingerprint density at radius 3 is 2.43 bits per heavy atom. The molecule has 3 nitrogen and oxygen atoms in total. The molecule has 1 aromatic heterocycles. The van der Waals surface area contributed by atoms with Gasteiger partial charge < -0.3 is 10.5 Å². The molecule has 3 rings (SSSR count). The Morgan fingerprint density at radius 1 is 1.00 bits per heavy atom. The first-order chi connectivity index (χ1) is 10.1. The molecule has 104 valence electrons. The fourth-order valence-electron chi connectivity index (χ4n) is 1.98. The summed E-state index contributed by atoms with van der Waals surface area (Å²) < 4.78 is 6.85. The van der Waals surface area contributed by atoms with Crippen molar-refractivity contribution in [2.75, 3.05) is 0 Å². The molecule has 0 radical (unpaired) electrons. The van der Waals surface area contributed by atoms with E-state index in [9.17, 15) is 0 Å². The van der Waals surface area contributed by atoms with Crippen molar-refractivity contribution >= 4 is 43.9 Å². The fraction of sp³-hybridized carbons (Fsp3) is 0. The lowest BCUT2D eigenvalue weighted by molar-refractivity contribution is 0.481. The van der Waals surface area contributed by atoms with E-state index in [0.29, 0.717) is 11.4 Å². The summed E-state index contributed by atoms with van der Waals surface area (Å²) in [7, 11) is 0. The topological polar surface area (TPSA) is 48.1 Å². The summed E-state index contributed by atoms with van der Waals surface area (Å²) in [5.74, 6) is 1.40. The van der Waals surface area contributed by atoms with Gasteiger partial charge >= 0.3 is 0 Å². The molecule has 0 unspecified atom stereocenters. The van der Waals surface area contributed by atoms with Crippen molar-refractivity contribution in [2.45, 2.75) is 0 Å². The molecule has 0 saturated heterocycles. The monoisotopic (exact) mass is 358 g/mol. The van der Waals surface area contributed by atoms with E-state index >= 15 is 0 Å². The number of hydrogen-bond acceptors (Lipinski definition) is 3. The van der Waals surface area contributed by atoms with Gasteiger partial charge in [0.2, 0.25) is 0 Å². The zero-order valence-electron chi connectivity index (χ0n) is 10.9. The van der Waals surface area contributed by atoms with Crippen molar-refractivity contribution < 1.29 is 4.74 Å². The molecule has 0 bridgehead atoms. The standard InChI is InChI=1S/C16H11BrN2OS/c17-12-3-1-11-8-13(4-2-10(11)7-12)20-14-5-6-15(16(18)21)19-9-14/h1-9H,(H2,18,21). The summed E-state index contributed by atoms with van der Waals surface area (Å²) in [6.07, 6.45) is 1.61. The van der Waals surface area contributed by atoms with E-state index in [1.54, 1.807) is 18.3 Å². The maximum Gasteiger partial charge on any atom is 0.145 e. The van der Waals surface area contributed by atoms with E-state index in [2.05, 4.69) is 27.0 Å². The largest absolute Gasteiger partial charge is 0.456 e. The Labute approximate surface area is 135 Å². The lowest BCUT2D eigenvalue weighted by Gasteiger charge is -2.07. The van der Waals surface area contributed by atoms with E-state index in [1.165, 1.54) is 0 Å².